The maximum atomic E-state index is 11.9. The van der Waals surface area contributed by atoms with E-state index in [2.05, 4.69) is 0 Å². The maximum Gasteiger partial charge on any atom is 0.342 e. The summed E-state index contributed by atoms with van der Waals surface area (Å²) in [6.07, 6.45) is 0.412. The lowest BCUT2D eigenvalue weighted by atomic mass is 10.1. The van der Waals surface area contributed by atoms with Gasteiger partial charge in [-0.2, -0.15) is 0 Å². The zero-order valence-corrected chi connectivity index (χ0v) is 10.7. The smallest absolute Gasteiger partial charge is 0.342 e. The van der Waals surface area contributed by atoms with E-state index in [0.29, 0.717) is 6.42 Å². The number of phenols is 1. The number of carbonyl (C=O) groups excluding carboxylic acids is 1. The molecule has 2 rings (SSSR count). The Hall–Kier alpha value is -2.29. The lowest BCUT2D eigenvalue weighted by Gasteiger charge is -2.13. The van der Waals surface area contributed by atoms with Gasteiger partial charge in [-0.05, 0) is 24.6 Å². The van der Waals surface area contributed by atoms with E-state index in [1.165, 1.54) is 6.07 Å². The van der Waals surface area contributed by atoms with Crippen LogP contribution in [-0.2, 0) is 11.2 Å². The normalized spacial score (nSPS) is 11.8. The average Bonchev–Trinajstić information content (AvgIpc) is 2.40. The van der Waals surface area contributed by atoms with Crippen LogP contribution in [0.3, 0.4) is 0 Å². The molecule has 2 aromatic carbocycles. The fourth-order valence-electron chi connectivity index (χ4n) is 1.88. The fourth-order valence-corrected chi connectivity index (χ4v) is 1.88. The molecule has 2 aromatic rings. The van der Waals surface area contributed by atoms with Crippen molar-refractivity contribution in [2.45, 2.75) is 19.4 Å². The molecule has 3 nitrogen and oxygen atoms in total. The lowest BCUT2D eigenvalue weighted by Crippen LogP contribution is -2.17. The number of esters is 1. The molecule has 1 N–H and O–H groups in total. The first kappa shape index (κ1) is 13.1. The Kier molecular flexibility index (Phi) is 4.18. The number of hydrogen-bond acceptors (Lipinski definition) is 3. The molecule has 0 bridgehead atoms. The van der Waals surface area contributed by atoms with E-state index in [-0.39, 0.29) is 17.4 Å². The largest absolute Gasteiger partial charge is 0.507 e. The summed E-state index contributed by atoms with van der Waals surface area (Å²) in [4.78, 5) is 11.9. The van der Waals surface area contributed by atoms with Crippen LogP contribution in [0.25, 0.3) is 0 Å². The van der Waals surface area contributed by atoms with Gasteiger partial charge >= 0.3 is 5.97 Å². The Morgan fingerprint density at radius 3 is 2.42 bits per heavy atom. The zero-order chi connectivity index (χ0) is 13.7. The molecule has 0 spiro atoms. The predicted octanol–water partition coefficient (Wildman–Crippen LogP) is 3.18. The minimum atomic E-state index is -0.499. The van der Waals surface area contributed by atoms with Crippen molar-refractivity contribution in [2.75, 3.05) is 0 Å². The molecule has 0 aliphatic heterocycles. The van der Waals surface area contributed by atoms with Crippen LogP contribution < -0.4 is 0 Å². The SMILES string of the molecule is CC(Cc1ccccc1)OC(=O)c1ccccc1O. The Balaban J connectivity index is 1.98. The second-order valence-corrected chi connectivity index (χ2v) is 4.42. The molecule has 0 aliphatic carbocycles. The number of ether oxygens (including phenoxy) is 1. The van der Waals surface area contributed by atoms with Gasteiger partial charge in [0.15, 0.2) is 0 Å². The molecule has 0 saturated carbocycles. The van der Waals surface area contributed by atoms with Gasteiger partial charge in [0.05, 0.1) is 0 Å². The van der Waals surface area contributed by atoms with E-state index in [1.54, 1.807) is 18.2 Å². The van der Waals surface area contributed by atoms with Gasteiger partial charge in [-0.25, -0.2) is 4.79 Å². The number of hydrogen-bond donors (Lipinski definition) is 1. The third-order valence-electron chi connectivity index (χ3n) is 2.80. The molecule has 0 saturated heterocycles. The van der Waals surface area contributed by atoms with Crippen LogP contribution in [0.2, 0.25) is 0 Å². The maximum absolute atomic E-state index is 11.9. The van der Waals surface area contributed by atoms with Crippen LogP contribution >= 0.6 is 0 Å². The first-order chi connectivity index (χ1) is 9.16. The molecule has 0 heterocycles. The van der Waals surface area contributed by atoms with Crippen LogP contribution in [0.15, 0.2) is 54.6 Å². The van der Waals surface area contributed by atoms with Gasteiger partial charge in [0.1, 0.15) is 17.4 Å². The molecule has 0 radical (unpaired) electrons. The number of para-hydroxylation sites is 1. The molecule has 0 aliphatic rings. The number of phenolic OH excluding ortho intramolecular Hbond substituents is 1. The van der Waals surface area contributed by atoms with Crippen molar-refractivity contribution in [3.63, 3.8) is 0 Å². The van der Waals surface area contributed by atoms with E-state index in [1.807, 2.05) is 37.3 Å². The molecule has 3 heteroatoms. The molecular formula is C16H16O3. The summed E-state index contributed by atoms with van der Waals surface area (Å²) in [5.74, 6) is -0.555. The van der Waals surface area contributed by atoms with Crippen LogP contribution in [0.1, 0.15) is 22.8 Å². The fraction of sp³-hybridized carbons (Fsp3) is 0.188. The molecule has 0 fully saturated rings. The second kappa shape index (κ2) is 6.05. The third kappa shape index (κ3) is 3.58. The van der Waals surface area contributed by atoms with Gasteiger partial charge < -0.3 is 9.84 Å². The van der Waals surface area contributed by atoms with Crippen molar-refractivity contribution in [3.8, 4) is 5.75 Å². The van der Waals surface area contributed by atoms with Crippen molar-refractivity contribution in [2.24, 2.45) is 0 Å². The summed E-state index contributed by atoms with van der Waals surface area (Å²) in [6, 6.07) is 16.2. The monoisotopic (exact) mass is 256 g/mol. The van der Waals surface area contributed by atoms with E-state index in [0.717, 1.165) is 5.56 Å². The van der Waals surface area contributed by atoms with Gasteiger partial charge in [-0.15, -0.1) is 0 Å². The van der Waals surface area contributed by atoms with E-state index in [9.17, 15) is 9.90 Å². The highest BCUT2D eigenvalue weighted by molar-refractivity contribution is 5.92. The molecule has 1 unspecified atom stereocenters. The molecule has 98 valence electrons. The highest BCUT2D eigenvalue weighted by Gasteiger charge is 2.15. The standard InChI is InChI=1S/C16H16O3/c1-12(11-13-7-3-2-4-8-13)19-16(18)14-9-5-6-10-15(14)17/h2-10,12,17H,11H2,1H3. The summed E-state index contributed by atoms with van der Waals surface area (Å²) < 4.78 is 5.32. The van der Waals surface area contributed by atoms with Gasteiger partial charge in [0.2, 0.25) is 0 Å². The van der Waals surface area contributed by atoms with Crippen molar-refractivity contribution < 1.29 is 14.6 Å². The van der Waals surface area contributed by atoms with E-state index < -0.39 is 5.97 Å². The summed E-state index contributed by atoms with van der Waals surface area (Å²) in [6.45, 7) is 1.84. The topological polar surface area (TPSA) is 46.5 Å². The molecule has 1 atom stereocenters. The van der Waals surface area contributed by atoms with Crippen molar-refractivity contribution in [3.05, 3.63) is 65.7 Å². The molecular weight excluding hydrogens is 240 g/mol. The highest BCUT2D eigenvalue weighted by Crippen LogP contribution is 2.18. The first-order valence-corrected chi connectivity index (χ1v) is 6.19. The third-order valence-corrected chi connectivity index (χ3v) is 2.80. The van der Waals surface area contributed by atoms with Crippen molar-refractivity contribution in [1.29, 1.82) is 0 Å². The van der Waals surface area contributed by atoms with E-state index >= 15 is 0 Å². The summed E-state index contributed by atoms with van der Waals surface area (Å²) >= 11 is 0. The Labute approximate surface area is 112 Å². The van der Waals surface area contributed by atoms with Crippen LogP contribution in [0.4, 0.5) is 0 Å². The van der Waals surface area contributed by atoms with Gasteiger partial charge in [-0.3, -0.25) is 0 Å². The van der Waals surface area contributed by atoms with Gasteiger partial charge in [0, 0.05) is 6.42 Å². The van der Waals surface area contributed by atoms with E-state index in [4.69, 9.17) is 4.74 Å². The Morgan fingerprint density at radius 1 is 1.11 bits per heavy atom. The first-order valence-electron chi connectivity index (χ1n) is 6.19. The molecule has 19 heavy (non-hydrogen) atoms. The quantitative estimate of drug-likeness (QED) is 0.855. The minimum Gasteiger partial charge on any atom is -0.507 e. The van der Waals surface area contributed by atoms with Gasteiger partial charge in [-0.1, -0.05) is 42.5 Å². The number of benzene rings is 2. The minimum absolute atomic E-state index is 0.0561. The van der Waals surface area contributed by atoms with Crippen molar-refractivity contribution in [1.82, 2.24) is 0 Å². The Morgan fingerprint density at radius 2 is 1.74 bits per heavy atom. The van der Waals surface area contributed by atoms with Crippen molar-refractivity contribution >= 4 is 5.97 Å². The van der Waals surface area contributed by atoms with Gasteiger partial charge in [0.25, 0.3) is 0 Å². The average molecular weight is 256 g/mol. The number of carbonyl (C=O) groups is 1. The highest BCUT2D eigenvalue weighted by atomic mass is 16.5. The van der Waals surface area contributed by atoms with Crippen LogP contribution in [0.5, 0.6) is 5.75 Å². The number of rotatable bonds is 4. The summed E-state index contributed by atoms with van der Waals surface area (Å²) in [7, 11) is 0. The number of aromatic hydroxyl groups is 1. The Bertz CT molecular complexity index is 549. The second-order valence-electron chi connectivity index (χ2n) is 4.42. The van der Waals surface area contributed by atoms with Crippen LogP contribution in [-0.4, -0.2) is 17.2 Å². The summed E-state index contributed by atoms with van der Waals surface area (Å²) in [5, 5.41) is 9.58. The molecule has 0 aromatic heterocycles. The molecule has 0 amide bonds. The lowest BCUT2D eigenvalue weighted by molar-refractivity contribution is 0.0340. The zero-order valence-electron chi connectivity index (χ0n) is 10.7. The summed E-state index contributed by atoms with van der Waals surface area (Å²) in [5.41, 5.74) is 1.31. The predicted molar refractivity (Wildman–Crippen MR) is 73.1 cm³/mol. The van der Waals surface area contributed by atoms with Crippen LogP contribution in [0, 0.1) is 0 Å².